The maximum Gasteiger partial charge on any atom is 0.164 e. The van der Waals surface area contributed by atoms with Gasteiger partial charge < -0.3 is 4.42 Å². The van der Waals surface area contributed by atoms with E-state index in [0.717, 1.165) is 66.1 Å². The Labute approximate surface area is 318 Å². The molecule has 0 saturated carbocycles. The van der Waals surface area contributed by atoms with Crippen LogP contribution in [0.2, 0.25) is 0 Å². The van der Waals surface area contributed by atoms with Gasteiger partial charge in [0.1, 0.15) is 11.2 Å². The molecule has 2 aliphatic carbocycles. The van der Waals surface area contributed by atoms with E-state index in [1.807, 2.05) is 18.2 Å². The van der Waals surface area contributed by atoms with E-state index in [1.165, 1.54) is 16.3 Å². The zero-order chi connectivity index (χ0) is 36.3. The van der Waals surface area contributed by atoms with E-state index in [-0.39, 0.29) is 5.92 Å². The molecule has 2 atom stereocenters. The topological polar surface area (TPSA) is 51.8 Å². The molecule has 2 aromatic heterocycles. The smallest absolute Gasteiger partial charge is 0.164 e. The standard InChI is InChI=1S/C51H33N3O/c1-2-14-34(15-3-1)49-52-50(37-25-24-32-12-4-5-16-35(32)30-37)54-51(53-49)44-29-28-42(40-19-8-9-20-41(40)44)43-22-11-23-46-48(43)45-27-26-36(31-47(45)55-46)39-21-10-17-33-13-6-7-18-38(33)39/h1-32,35H. The lowest BCUT2D eigenvalue weighted by atomic mass is 9.83. The zero-order valence-corrected chi connectivity index (χ0v) is 29.8. The molecule has 2 heterocycles. The number of rotatable bonds is 5. The third-order valence-corrected chi connectivity index (χ3v) is 11.1. The molecule has 0 radical (unpaired) electrons. The largest absolute Gasteiger partial charge is 0.456 e. The second-order valence-corrected chi connectivity index (χ2v) is 14.3. The first kappa shape index (κ1) is 31.4. The SMILES string of the molecule is C1=CC2C=CC(c3nc(-c4ccccc4)nc(-c4ccc(-c5cccc6oc7cc(-c8cccc9ccccc89)ccc7c56)c5ccccc45)n3)=CC2C=C1. The maximum absolute atomic E-state index is 6.61. The Morgan fingerprint density at radius 2 is 1.11 bits per heavy atom. The molecule has 0 aliphatic heterocycles. The normalized spacial score (nSPS) is 16.3. The van der Waals surface area contributed by atoms with Crippen LogP contribution in [-0.2, 0) is 0 Å². The van der Waals surface area contributed by atoms with Crippen LogP contribution in [0.1, 0.15) is 5.82 Å². The summed E-state index contributed by atoms with van der Waals surface area (Å²) in [5.41, 5.74) is 9.24. The summed E-state index contributed by atoms with van der Waals surface area (Å²) >= 11 is 0. The highest BCUT2D eigenvalue weighted by Crippen LogP contribution is 2.43. The van der Waals surface area contributed by atoms with Gasteiger partial charge in [0.15, 0.2) is 17.5 Å². The van der Waals surface area contributed by atoms with E-state index < -0.39 is 0 Å². The van der Waals surface area contributed by atoms with E-state index in [0.29, 0.717) is 23.4 Å². The van der Waals surface area contributed by atoms with Gasteiger partial charge in [-0.05, 0) is 68.1 Å². The fourth-order valence-electron chi connectivity index (χ4n) is 8.39. The average molecular weight is 704 g/mol. The number of hydrogen-bond acceptors (Lipinski definition) is 4. The summed E-state index contributed by atoms with van der Waals surface area (Å²) in [7, 11) is 0. The van der Waals surface area contributed by atoms with Gasteiger partial charge in [-0.25, -0.2) is 15.0 Å². The van der Waals surface area contributed by atoms with E-state index in [4.69, 9.17) is 19.4 Å². The lowest BCUT2D eigenvalue weighted by Gasteiger charge is -2.23. The highest BCUT2D eigenvalue weighted by atomic mass is 16.3. The molecule has 0 saturated heterocycles. The fourth-order valence-corrected chi connectivity index (χ4v) is 8.39. The second-order valence-electron chi connectivity index (χ2n) is 14.3. The van der Waals surface area contributed by atoms with Crippen molar-refractivity contribution in [3.8, 4) is 45.0 Å². The minimum Gasteiger partial charge on any atom is -0.456 e. The first-order valence-corrected chi connectivity index (χ1v) is 18.8. The molecule has 7 aromatic carbocycles. The Balaban J connectivity index is 1.06. The lowest BCUT2D eigenvalue weighted by molar-refractivity contribution is 0.662. The first-order valence-electron chi connectivity index (χ1n) is 18.8. The summed E-state index contributed by atoms with van der Waals surface area (Å²) in [4.78, 5) is 15.3. The monoisotopic (exact) mass is 703 g/mol. The minimum atomic E-state index is 0.275. The van der Waals surface area contributed by atoms with Gasteiger partial charge in [0.05, 0.1) is 0 Å². The Hall–Kier alpha value is -7.17. The van der Waals surface area contributed by atoms with Crippen LogP contribution >= 0.6 is 0 Å². The molecule has 0 amide bonds. The summed E-state index contributed by atoms with van der Waals surface area (Å²) < 4.78 is 6.61. The Morgan fingerprint density at radius 3 is 2.00 bits per heavy atom. The number of furan rings is 1. The highest BCUT2D eigenvalue weighted by molar-refractivity contribution is 6.17. The fraction of sp³-hybridized carbons (Fsp3) is 0.0392. The number of fused-ring (bicyclic) bond motifs is 6. The van der Waals surface area contributed by atoms with Gasteiger partial charge in [-0.15, -0.1) is 0 Å². The summed E-state index contributed by atoms with van der Waals surface area (Å²) in [5, 5.41) is 6.85. The zero-order valence-electron chi connectivity index (χ0n) is 29.8. The number of allylic oxidation sites excluding steroid dienone is 8. The Morgan fingerprint density at radius 1 is 0.418 bits per heavy atom. The van der Waals surface area contributed by atoms with E-state index in [9.17, 15) is 0 Å². The van der Waals surface area contributed by atoms with E-state index in [1.54, 1.807) is 0 Å². The molecule has 0 bridgehead atoms. The molecular formula is C51H33N3O. The van der Waals surface area contributed by atoms with E-state index in [2.05, 4.69) is 170 Å². The van der Waals surface area contributed by atoms with Crippen molar-refractivity contribution in [2.75, 3.05) is 0 Å². The summed E-state index contributed by atoms with van der Waals surface area (Å²) in [6.45, 7) is 0. The van der Waals surface area contributed by atoms with Gasteiger partial charge in [0.2, 0.25) is 0 Å². The molecule has 9 aromatic rings. The predicted octanol–water partition coefficient (Wildman–Crippen LogP) is 13.1. The molecule has 0 spiro atoms. The molecule has 11 rings (SSSR count). The quantitative estimate of drug-likeness (QED) is 0.179. The van der Waals surface area contributed by atoms with Crippen LogP contribution < -0.4 is 0 Å². The minimum absolute atomic E-state index is 0.275. The number of nitrogens with zero attached hydrogens (tertiary/aromatic N) is 3. The van der Waals surface area contributed by atoms with Crippen molar-refractivity contribution in [1.29, 1.82) is 0 Å². The second kappa shape index (κ2) is 12.8. The third kappa shape index (κ3) is 5.33. The lowest BCUT2D eigenvalue weighted by Crippen LogP contribution is -2.12. The van der Waals surface area contributed by atoms with Crippen molar-refractivity contribution in [2.24, 2.45) is 11.8 Å². The first-order chi connectivity index (χ1) is 27.2. The molecule has 0 fully saturated rings. The number of hydrogen-bond donors (Lipinski definition) is 0. The van der Waals surface area contributed by atoms with Gasteiger partial charge in [-0.2, -0.15) is 0 Å². The average Bonchev–Trinajstić information content (AvgIpc) is 3.64. The summed E-state index contributed by atoms with van der Waals surface area (Å²) in [6.07, 6.45) is 15.4. The summed E-state index contributed by atoms with van der Waals surface area (Å²) in [5.74, 6) is 2.60. The summed E-state index contributed by atoms with van der Waals surface area (Å²) in [6, 6.07) is 51.1. The van der Waals surface area contributed by atoms with Crippen LogP contribution in [0.5, 0.6) is 0 Å². The van der Waals surface area contributed by atoms with Crippen molar-refractivity contribution in [3.63, 3.8) is 0 Å². The van der Waals surface area contributed by atoms with Crippen molar-refractivity contribution in [1.82, 2.24) is 15.0 Å². The molecule has 4 nitrogen and oxygen atoms in total. The van der Waals surface area contributed by atoms with Crippen LogP contribution in [0.3, 0.4) is 0 Å². The van der Waals surface area contributed by atoms with Crippen LogP contribution in [0.4, 0.5) is 0 Å². The van der Waals surface area contributed by atoms with Crippen molar-refractivity contribution < 1.29 is 4.42 Å². The Bertz CT molecular complexity index is 3110. The highest BCUT2D eigenvalue weighted by Gasteiger charge is 2.23. The molecule has 0 N–H and O–H groups in total. The van der Waals surface area contributed by atoms with Gasteiger partial charge in [-0.1, -0.05) is 164 Å². The van der Waals surface area contributed by atoms with Crippen LogP contribution in [-0.4, -0.2) is 15.0 Å². The molecule has 258 valence electrons. The molecule has 55 heavy (non-hydrogen) atoms. The number of aromatic nitrogens is 3. The third-order valence-electron chi connectivity index (χ3n) is 11.1. The van der Waals surface area contributed by atoms with Crippen molar-refractivity contribution in [3.05, 3.63) is 194 Å². The van der Waals surface area contributed by atoms with Crippen LogP contribution in [0.15, 0.2) is 193 Å². The van der Waals surface area contributed by atoms with Gasteiger partial charge in [0, 0.05) is 39.3 Å². The molecular weight excluding hydrogens is 671 g/mol. The number of benzene rings is 7. The van der Waals surface area contributed by atoms with E-state index >= 15 is 0 Å². The Kier molecular flexibility index (Phi) is 7.27. The van der Waals surface area contributed by atoms with Crippen LogP contribution in [0, 0.1) is 11.8 Å². The molecule has 2 aliphatic rings. The van der Waals surface area contributed by atoms with Gasteiger partial charge in [0.25, 0.3) is 0 Å². The van der Waals surface area contributed by atoms with Crippen LogP contribution in [0.25, 0.3) is 94.1 Å². The van der Waals surface area contributed by atoms with Crippen molar-refractivity contribution >= 4 is 49.1 Å². The van der Waals surface area contributed by atoms with Gasteiger partial charge in [-0.3, -0.25) is 0 Å². The molecule has 2 unspecified atom stereocenters. The molecule has 4 heteroatoms. The predicted molar refractivity (Wildman–Crippen MR) is 226 cm³/mol. The van der Waals surface area contributed by atoms with Gasteiger partial charge >= 0.3 is 0 Å². The maximum atomic E-state index is 6.61. The van der Waals surface area contributed by atoms with Crippen molar-refractivity contribution in [2.45, 2.75) is 0 Å².